The summed E-state index contributed by atoms with van der Waals surface area (Å²) in [6.07, 6.45) is 0.565. The van der Waals surface area contributed by atoms with Gasteiger partial charge in [0, 0.05) is 26.2 Å². The van der Waals surface area contributed by atoms with Crippen LogP contribution in [-0.2, 0) is 15.9 Å². The second-order valence-electron chi connectivity index (χ2n) is 2.87. The molecule has 1 aromatic carbocycles. The number of methoxy groups -OCH3 is 2. The summed E-state index contributed by atoms with van der Waals surface area (Å²) < 4.78 is 10.2. The number of ether oxygens (including phenoxy) is 2. The van der Waals surface area contributed by atoms with Crippen LogP contribution >= 0.6 is 0 Å². The van der Waals surface area contributed by atoms with Gasteiger partial charge in [-0.05, 0) is 6.07 Å². The zero-order valence-electron chi connectivity index (χ0n) is 10.1. The Morgan fingerprint density at radius 3 is 2.13 bits per heavy atom. The lowest BCUT2D eigenvalue weighted by Gasteiger charge is -2.12. The Morgan fingerprint density at radius 1 is 1.13 bits per heavy atom. The molecule has 0 heterocycles. The van der Waals surface area contributed by atoms with E-state index >= 15 is 0 Å². The Balaban J connectivity index is 0.000000921. The third-order valence-corrected chi connectivity index (χ3v) is 2.03. The van der Waals surface area contributed by atoms with E-state index in [9.17, 15) is 0 Å². The van der Waals surface area contributed by atoms with Crippen LogP contribution < -0.4 is 5.73 Å². The smallest absolute Gasteiger partial charge is 0.161 e. The Kier molecular flexibility index (Phi) is 7.91. The van der Waals surface area contributed by atoms with Crippen molar-refractivity contribution in [3.05, 3.63) is 29.8 Å². The van der Waals surface area contributed by atoms with Gasteiger partial charge in [0.15, 0.2) is 6.29 Å². The van der Waals surface area contributed by atoms with Gasteiger partial charge in [-0.15, -0.1) is 0 Å². The first kappa shape index (κ1) is 14.1. The average molecular weight is 212 g/mol. The van der Waals surface area contributed by atoms with Gasteiger partial charge in [-0.2, -0.15) is 0 Å². The molecule has 0 aromatic heterocycles. The molecule has 0 radical (unpaired) electrons. The molecule has 3 N–H and O–H groups in total. The highest BCUT2D eigenvalue weighted by Crippen LogP contribution is 2.12. The highest BCUT2D eigenvalue weighted by Gasteiger charge is 2.09. The molecule has 0 amide bonds. The molecule has 0 fully saturated rings. The molecule has 15 heavy (non-hydrogen) atoms. The third kappa shape index (κ3) is 4.93. The summed E-state index contributed by atoms with van der Waals surface area (Å²) in [6, 6.07) is 7.98. The Bertz CT molecular complexity index is 260. The summed E-state index contributed by atoms with van der Waals surface area (Å²) in [5, 5.41) is 0. The predicted octanol–water partition coefficient (Wildman–Crippen LogP) is 1.75. The van der Waals surface area contributed by atoms with Crippen molar-refractivity contribution < 1.29 is 15.2 Å². The minimum atomic E-state index is -0.178. The van der Waals surface area contributed by atoms with Crippen LogP contribution in [0.3, 0.4) is 0 Å². The fraction of sp³-hybridized carbons (Fsp3) is 0.500. The largest absolute Gasteiger partial charge is 0.356 e. The van der Waals surface area contributed by atoms with Crippen molar-refractivity contribution in [3.8, 4) is 0 Å². The Hall–Kier alpha value is -0.900. The summed E-state index contributed by atoms with van der Waals surface area (Å²) in [6.45, 7) is 4.00. The fourth-order valence-electron chi connectivity index (χ4n) is 1.20. The second-order valence-corrected chi connectivity index (χ2v) is 2.87. The van der Waals surface area contributed by atoms with Gasteiger partial charge in [0.05, 0.1) is 0 Å². The maximum absolute atomic E-state index is 5.11. The number of hydrogen-bond acceptors (Lipinski definition) is 2. The molecule has 0 aliphatic rings. The van der Waals surface area contributed by atoms with Gasteiger partial charge >= 0.3 is 0 Å². The van der Waals surface area contributed by atoms with Crippen molar-refractivity contribution in [2.75, 3.05) is 14.2 Å². The summed E-state index contributed by atoms with van der Waals surface area (Å²) in [7, 11) is 3.28. The van der Waals surface area contributed by atoms with Crippen molar-refractivity contribution in [1.82, 2.24) is 0 Å². The maximum Gasteiger partial charge on any atom is 0.161 e. The van der Waals surface area contributed by atoms with Crippen LogP contribution in [0.1, 0.15) is 19.4 Å². The molecule has 0 bridgehead atoms. The van der Waals surface area contributed by atoms with Crippen molar-refractivity contribution in [1.29, 1.82) is 0 Å². The van der Waals surface area contributed by atoms with E-state index in [1.807, 2.05) is 38.1 Å². The minimum absolute atomic E-state index is 0.178. The maximum atomic E-state index is 5.11. The molecule has 0 saturated carbocycles. The molecule has 0 aliphatic heterocycles. The second kappa shape index (κ2) is 8.41. The monoisotopic (exact) mass is 212 g/mol. The molecule has 3 nitrogen and oxygen atoms in total. The Labute approximate surface area is 92.2 Å². The Morgan fingerprint density at radius 2 is 1.67 bits per heavy atom. The zero-order chi connectivity index (χ0) is 11.7. The fourth-order valence-corrected chi connectivity index (χ4v) is 1.20. The van der Waals surface area contributed by atoms with Gasteiger partial charge in [0.1, 0.15) is 5.69 Å². The van der Waals surface area contributed by atoms with Gasteiger partial charge in [-0.3, -0.25) is 0 Å². The summed E-state index contributed by atoms with van der Waals surface area (Å²) in [5.41, 5.74) is 6.12. The molecule has 0 aliphatic carbocycles. The lowest BCUT2D eigenvalue weighted by Crippen LogP contribution is -2.41. The van der Waals surface area contributed by atoms with E-state index in [4.69, 9.17) is 9.47 Å². The van der Waals surface area contributed by atoms with Crippen molar-refractivity contribution in [2.24, 2.45) is 0 Å². The zero-order valence-corrected chi connectivity index (χ0v) is 10.1. The van der Waals surface area contributed by atoms with Crippen LogP contribution in [0.25, 0.3) is 0 Å². The topological polar surface area (TPSA) is 46.1 Å². The number of hydrogen-bond donors (Lipinski definition) is 1. The molecule has 0 spiro atoms. The van der Waals surface area contributed by atoms with E-state index in [0.717, 1.165) is 17.7 Å². The van der Waals surface area contributed by atoms with E-state index in [1.54, 1.807) is 14.2 Å². The highest BCUT2D eigenvalue weighted by molar-refractivity contribution is 5.38. The lowest BCUT2D eigenvalue weighted by molar-refractivity contribution is -0.256. The van der Waals surface area contributed by atoms with Crippen molar-refractivity contribution in [2.45, 2.75) is 26.6 Å². The van der Waals surface area contributed by atoms with Crippen LogP contribution in [0, 0.1) is 0 Å². The quantitative estimate of drug-likeness (QED) is 0.773. The summed E-state index contributed by atoms with van der Waals surface area (Å²) in [4.78, 5) is 0. The lowest BCUT2D eigenvalue weighted by atomic mass is 10.1. The van der Waals surface area contributed by atoms with E-state index < -0.39 is 0 Å². The van der Waals surface area contributed by atoms with Crippen LogP contribution in [0.4, 0.5) is 5.69 Å². The molecule has 1 aromatic rings. The first-order chi connectivity index (χ1) is 7.27. The van der Waals surface area contributed by atoms with E-state index in [2.05, 4.69) is 5.73 Å². The van der Waals surface area contributed by atoms with Crippen LogP contribution in [0.5, 0.6) is 0 Å². The van der Waals surface area contributed by atoms with Gasteiger partial charge in [-0.1, -0.05) is 32.0 Å². The summed E-state index contributed by atoms with van der Waals surface area (Å²) in [5.74, 6) is 0. The van der Waals surface area contributed by atoms with Gasteiger partial charge in [0.2, 0.25) is 0 Å². The molecular formula is C12H22NO2+. The van der Waals surface area contributed by atoms with Gasteiger partial charge in [0.25, 0.3) is 0 Å². The predicted molar refractivity (Wildman–Crippen MR) is 61.8 cm³/mol. The van der Waals surface area contributed by atoms with E-state index in [0.29, 0.717) is 0 Å². The standard InChI is InChI=1S/C10H15NO2.C2H6/c1-12-10(13-2)7-8-5-3-4-6-9(8)11;1-2/h3-6,10H,7,11H2,1-2H3;1-2H3/p+1. The normalized spacial score (nSPS) is 9.73. The first-order valence-electron chi connectivity index (χ1n) is 5.23. The number of quaternary nitrogens is 1. The molecule has 86 valence electrons. The summed E-state index contributed by atoms with van der Waals surface area (Å²) >= 11 is 0. The number of rotatable bonds is 4. The molecule has 3 heteroatoms. The third-order valence-electron chi connectivity index (χ3n) is 2.03. The molecule has 1 rings (SSSR count). The molecule has 0 atom stereocenters. The number of benzene rings is 1. The molecular weight excluding hydrogens is 190 g/mol. The molecule has 0 saturated heterocycles. The SMILES string of the molecule is CC.COC(Cc1ccccc1[NH3+])OC. The van der Waals surface area contributed by atoms with Crippen LogP contribution in [0.15, 0.2) is 24.3 Å². The van der Waals surface area contributed by atoms with E-state index in [-0.39, 0.29) is 6.29 Å². The van der Waals surface area contributed by atoms with E-state index in [1.165, 1.54) is 0 Å². The van der Waals surface area contributed by atoms with Gasteiger partial charge < -0.3 is 15.2 Å². The molecule has 0 unspecified atom stereocenters. The average Bonchev–Trinajstić information content (AvgIpc) is 2.31. The van der Waals surface area contributed by atoms with Crippen molar-refractivity contribution >= 4 is 5.69 Å². The van der Waals surface area contributed by atoms with Gasteiger partial charge in [-0.25, -0.2) is 0 Å². The van der Waals surface area contributed by atoms with Crippen LogP contribution in [-0.4, -0.2) is 20.5 Å². The highest BCUT2D eigenvalue weighted by atomic mass is 16.7. The van der Waals surface area contributed by atoms with Crippen LogP contribution in [0.2, 0.25) is 0 Å². The van der Waals surface area contributed by atoms with Crippen molar-refractivity contribution in [3.63, 3.8) is 0 Å². The minimum Gasteiger partial charge on any atom is -0.356 e. The first-order valence-corrected chi connectivity index (χ1v) is 5.23.